The van der Waals surface area contributed by atoms with Gasteiger partial charge in [-0.05, 0) is 12.1 Å². The van der Waals surface area contributed by atoms with Crippen molar-refractivity contribution in [3.63, 3.8) is 0 Å². The van der Waals surface area contributed by atoms with Crippen LogP contribution >= 0.6 is 0 Å². The maximum Gasteiger partial charge on any atom is 0.424 e. The van der Waals surface area contributed by atoms with Gasteiger partial charge >= 0.3 is 6.18 Å². The molecule has 0 aliphatic carbocycles. The van der Waals surface area contributed by atoms with Gasteiger partial charge in [-0.2, -0.15) is 21.6 Å². The maximum atomic E-state index is 13.4. The third-order valence-electron chi connectivity index (χ3n) is 4.47. The van der Waals surface area contributed by atoms with Crippen LogP contribution in [0.15, 0.2) is 46.0 Å². The highest BCUT2D eigenvalue weighted by molar-refractivity contribution is 7.90. The highest BCUT2D eigenvalue weighted by Crippen LogP contribution is 2.40. The van der Waals surface area contributed by atoms with Gasteiger partial charge in [-0.15, -0.1) is 4.40 Å². The number of rotatable bonds is 7. The zero-order chi connectivity index (χ0) is 22.9. The van der Waals surface area contributed by atoms with Crippen LogP contribution in [0.3, 0.4) is 0 Å². The van der Waals surface area contributed by atoms with Crippen LogP contribution in [0.2, 0.25) is 0 Å². The molecule has 2 heterocycles. The zero-order valence-corrected chi connectivity index (χ0v) is 16.9. The summed E-state index contributed by atoms with van der Waals surface area (Å²) >= 11 is 0. The molecule has 0 spiro atoms. The van der Waals surface area contributed by atoms with Crippen LogP contribution in [0.1, 0.15) is 17.8 Å². The average molecular weight is 461 g/mol. The summed E-state index contributed by atoms with van der Waals surface area (Å²) in [6.45, 7) is -1.17. The first-order valence-electron chi connectivity index (χ1n) is 8.81. The molecule has 31 heavy (non-hydrogen) atoms. The van der Waals surface area contributed by atoms with Gasteiger partial charge < -0.3 is 15.0 Å². The number of carbonyl (C=O) groups excluding carboxylic acids is 1. The van der Waals surface area contributed by atoms with Crippen molar-refractivity contribution in [3.05, 3.63) is 48.0 Å². The van der Waals surface area contributed by atoms with Crippen molar-refractivity contribution >= 4 is 21.8 Å². The van der Waals surface area contributed by atoms with Crippen LogP contribution < -0.4 is 10.8 Å². The predicted octanol–water partition coefficient (Wildman–Crippen LogP) is 0.347. The molecule has 0 saturated carbocycles. The molecule has 168 valence electrons. The summed E-state index contributed by atoms with van der Waals surface area (Å²) in [5.41, 5.74) is -0.746. The lowest BCUT2D eigenvalue weighted by atomic mass is 9.97. The predicted molar refractivity (Wildman–Crippen MR) is 100 cm³/mol. The lowest BCUT2D eigenvalue weighted by molar-refractivity contribution is -0.272. The summed E-state index contributed by atoms with van der Waals surface area (Å²) in [7, 11) is -2.57. The zero-order valence-electron chi connectivity index (χ0n) is 16.0. The van der Waals surface area contributed by atoms with Crippen LogP contribution in [0, 0.1) is 0 Å². The van der Waals surface area contributed by atoms with Gasteiger partial charge in [0.25, 0.3) is 10.0 Å². The third kappa shape index (κ3) is 4.55. The minimum absolute atomic E-state index is 0.0220. The highest BCUT2D eigenvalue weighted by Gasteiger charge is 2.57. The molecule has 1 aromatic carbocycles. The second-order valence-electron chi connectivity index (χ2n) is 6.62. The summed E-state index contributed by atoms with van der Waals surface area (Å²) in [6, 6.07) is 5.97. The standard InChI is InChI=1S/C17H18F3N5O5S/c1-25-9-8-22-15(25)16(27,17(18,19)20)6-7-21-13(26)10-30-23-14-11-4-2-3-5-12(11)31(28,29)24-14/h2-5,8-9,27H,6-7,10H2,1H3,(H,21,26)(H,23,24). The molecule has 1 aliphatic rings. The van der Waals surface area contributed by atoms with E-state index in [1.165, 1.54) is 31.4 Å². The molecule has 0 radical (unpaired) electrons. The van der Waals surface area contributed by atoms with Crippen molar-refractivity contribution in [2.45, 2.75) is 23.1 Å². The Kier molecular flexibility index (Phi) is 6.07. The number of hydrogen-bond donors (Lipinski definition) is 3. The summed E-state index contributed by atoms with van der Waals surface area (Å²) in [6.07, 6.45) is -3.52. The van der Waals surface area contributed by atoms with Gasteiger partial charge in [0.05, 0.1) is 0 Å². The van der Waals surface area contributed by atoms with Crippen molar-refractivity contribution in [1.29, 1.82) is 0 Å². The smallest absolute Gasteiger partial charge is 0.374 e. The number of alkyl halides is 3. The first-order valence-corrected chi connectivity index (χ1v) is 10.3. The summed E-state index contributed by atoms with van der Waals surface area (Å²) in [4.78, 5) is 20.3. The van der Waals surface area contributed by atoms with Gasteiger partial charge in [0.1, 0.15) is 10.7 Å². The van der Waals surface area contributed by atoms with Crippen LogP contribution in [0.25, 0.3) is 0 Å². The van der Waals surface area contributed by atoms with Crippen molar-refractivity contribution in [1.82, 2.24) is 20.3 Å². The molecule has 0 bridgehead atoms. The molecule has 14 heteroatoms. The molecule has 2 aromatic rings. The Hall–Kier alpha value is -2.97. The number of carbonyl (C=O) groups is 1. The minimum atomic E-state index is -5.02. The highest BCUT2D eigenvalue weighted by atomic mass is 32.2. The van der Waals surface area contributed by atoms with Crippen LogP contribution in [0.4, 0.5) is 13.2 Å². The molecular weight excluding hydrogens is 443 g/mol. The fraction of sp³-hybridized carbons (Fsp3) is 0.353. The Balaban J connectivity index is 1.53. The van der Waals surface area contributed by atoms with Gasteiger partial charge in [-0.3, -0.25) is 9.63 Å². The number of amidine groups is 1. The normalized spacial score (nSPS) is 16.9. The van der Waals surface area contributed by atoms with Crippen molar-refractivity contribution < 1.29 is 36.3 Å². The number of aromatic nitrogens is 2. The van der Waals surface area contributed by atoms with Gasteiger partial charge in [-0.25, -0.2) is 10.5 Å². The molecular formula is C17H18F3N5O5S. The fourth-order valence-corrected chi connectivity index (χ4v) is 4.10. The number of nitrogens with zero attached hydrogens (tertiary/aromatic N) is 3. The molecule has 3 rings (SSSR count). The molecule has 0 saturated heterocycles. The average Bonchev–Trinajstić information content (AvgIpc) is 3.22. The Morgan fingerprint density at radius 1 is 1.29 bits per heavy atom. The van der Waals surface area contributed by atoms with E-state index >= 15 is 0 Å². The number of imidazole rings is 1. The largest absolute Gasteiger partial charge is 0.424 e. The Bertz CT molecular complexity index is 1120. The van der Waals surface area contributed by atoms with Crippen LogP contribution in [-0.2, 0) is 32.3 Å². The van der Waals surface area contributed by atoms with Crippen LogP contribution in [-0.4, -0.2) is 54.1 Å². The van der Waals surface area contributed by atoms with Gasteiger partial charge in [0.2, 0.25) is 11.5 Å². The van der Waals surface area contributed by atoms with E-state index in [2.05, 4.69) is 20.2 Å². The Morgan fingerprint density at radius 3 is 2.65 bits per heavy atom. The number of hydroxylamine groups is 1. The quantitative estimate of drug-likeness (QED) is 0.507. The Morgan fingerprint density at radius 2 is 2.00 bits per heavy atom. The van der Waals surface area contributed by atoms with E-state index in [1.807, 2.05) is 0 Å². The van der Waals surface area contributed by atoms with E-state index in [1.54, 1.807) is 6.07 Å². The summed E-state index contributed by atoms with van der Waals surface area (Å²) in [5, 5.41) is 12.4. The second-order valence-corrected chi connectivity index (χ2v) is 8.19. The van der Waals surface area contributed by atoms with E-state index < -0.39 is 53.1 Å². The first kappa shape index (κ1) is 22.7. The number of aliphatic hydroxyl groups is 1. The lowest BCUT2D eigenvalue weighted by Gasteiger charge is -2.29. The lowest BCUT2D eigenvalue weighted by Crippen LogP contribution is -2.47. The molecule has 1 aliphatic heterocycles. The maximum absolute atomic E-state index is 13.4. The number of benzene rings is 1. The molecule has 1 atom stereocenters. The van der Waals surface area contributed by atoms with Crippen molar-refractivity contribution in [2.75, 3.05) is 13.2 Å². The van der Waals surface area contributed by atoms with E-state index in [4.69, 9.17) is 4.84 Å². The number of sulfonamides is 1. The molecule has 0 fully saturated rings. The number of aryl methyl sites for hydroxylation is 1. The van der Waals surface area contributed by atoms with E-state index in [0.29, 0.717) is 0 Å². The number of fused-ring (bicyclic) bond motifs is 1. The minimum Gasteiger partial charge on any atom is -0.374 e. The van der Waals surface area contributed by atoms with E-state index in [9.17, 15) is 31.5 Å². The SMILES string of the molecule is Cn1ccnc1C(O)(CCNC(=O)CONC1=NS(=O)(=O)c2ccccc21)C(F)(F)F. The molecule has 1 amide bonds. The van der Waals surface area contributed by atoms with Crippen molar-refractivity contribution in [3.8, 4) is 0 Å². The van der Waals surface area contributed by atoms with E-state index in [-0.39, 0.29) is 16.3 Å². The number of nitrogens with one attached hydrogen (secondary N) is 2. The number of halogens is 3. The number of hydrogen-bond acceptors (Lipinski definition) is 7. The summed E-state index contributed by atoms with van der Waals surface area (Å²) in [5.74, 6) is -1.53. The van der Waals surface area contributed by atoms with Gasteiger partial charge in [-0.1, -0.05) is 12.1 Å². The molecule has 1 unspecified atom stereocenters. The van der Waals surface area contributed by atoms with Crippen LogP contribution in [0.5, 0.6) is 0 Å². The molecule has 3 N–H and O–H groups in total. The monoisotopic (exact) mass is 461 g/mol. The fourth-order valence-electron chi connectivity index (χ4n) is 2.93. The van der Waals surface area contributed by atoms with Gasteiger partial charge in [0, 0.05) is 38.0 Å². The second kappa shape index (κ2) is 8.28. The topological polar surface area (TPSA) is 135 Å². The summed E-state index contributed by atoms with van der Waals surface area (Å²) < 4.78 is 68.6. The molecule has 10 nitrogen and oxygen atoms in total. The number of amides is 1. The van der Waals surface area contributed by atoms with E-state index in [0.717, 1.165) is 10.8 Å². The van der Waals surface area contributed by atoms with Crippen molar-refractivity contribution in [2.24, 2.45) is 11.4 Å². The molecule has 1 aromatic heterocycles. The third-order valence-corrected chi connectivity index (χ3v) is 5.81. The first-order chi connectivity index (χ1) is 14.5. The Labute approximate surface area is 174 Å². The van der Waals surface area contributed by atoms with Gasteiger partial charge in [0.15, 0.2) is 12.4 Å².